The van der Waals surface area contributed by atoms with Crippen molar-refractivity contribution in [3.05, 3.63) is 66.4 Å². The van der Waals surface area contributed by atoms with Crippen LogP contribution in [0.15, 0.2) is 60.8 Å². The van der Waals surface area contributed by atoms with Crippen LogP contribution in [-0.2, 0) is 6.54 Å². The highest BCUT2D eigenvalue weighted by Gasteiger charge is 2.14. The number of aromatic nitrogens is 1. The maximum Gasteiger partial charge on any atom is 0.322 e. The van der Waals surface area contributed by atoms with Gasteiger partial charge >= 0.3 is 6.03 Å². The van der Waals surface area contributed by atoms with Gasteiger partial charge in [0.15, 0.2) is 0 Å². The van der Waals surface area contributed by atoms with Gasteiger partial charge in [0.2, 0.25) is 0 Å². The highest BCUT2D eigenvalue weighted by Crippen LogP contribution is 2.22. The molecule has 2 N–H and O–H groups in total. The van der Waals surface area contributed by atoms with Gasteiger partial charge in [0.25, 0.3) is 0 Å². The minimum Gasteiger partial charge on any atom is -0.359 e. The summed E-state index contributed by atoms with van der Waals surface area (Å²) in [5.74, 6) is 0. The number of aromatic amines is 1. The van der Waals surface area contributed by atoms with Crippen LogP contribution in [0.5, 0.6) is 0 Å². The molecule has 2 amide bonds. The summed E-state index contributed by atoms with van der Waals surface area (Å²) >= 11 is 0. The van der Waals surface area contributed by atoms with E-state index in [0.717, 1.165) is 22.2 Å². The number of H-pyrrole nitrogens is 1. The summed E-state index contributed by atoms with van der Waals surface area (Å²) in [5, 5.41) is 4.01. The molecule has 0 fully saturated rings. The molecule has 0 unspecified atom stereocenters. The van der Waals surface area contributed by atoms with Crippen molar-refractivity contribution in [1.82, 2.24) is 9.88 Å². The predicted molar refractivity (Wildman–Crippen MR) is 89.8 cm³/mol. The monoisotopic (exact) mass is 293 g/mol. The van der Waals surface area contributed by atoms with E-state index in [2.05, 4.69) is 10.3 Å². The van der Waals surface area contributed by atoms with Crippen molar-refractivity contribution in [2.45, 2.75) is 13.5 Å². The van der Waals surface area contributed by atoms with Crippen LogP contribution < -0.4 is 5.32 Å². The molecule has 1 aromatic heterocycles. The number of carbonyl (C=O) groups is 1. The topological polar surface area (TPSA) is 48.1 Å². The second kappa shape index (κ2) is 6.35. The summed E-state index contributed by atoms with van der Waals surface area (Å²) < 4.78 is 0. The zero-order valence-corrected chi connectivity index (χ0v) is 12.5. The second-order valence-electron chi connectivity index (χ2n) is 5.18. The van der Waals surface area contributed by atoms with Gasteiger partial charge in [-0.25, -0.2) is 4.79 Å². The first kappa shape index (κ1) is 14.2. The van der Waals surface area contributed by atoms with Crippen LogP contribution in [0, 0.1) is 0 Å². The minimum absolute atomic E-state index is 0.0869. The molecule has 0 spiro atoms. The van der Waals surface area contributed by atoms with Crippen molar-refractivity contribution < 1.29 is 4.79 Å². The van der Waals surface area contributed by atoms with Crippen molar-refractivity contribution in [2.24, 2.45) is 0 Å². The molecule has 4 heteroatoms. The average Bonchev–Trinajstić information content (AvgIpc) is 2.97. The van der Waals surface area contributed by atoms with Gasteiger partial charge in [-0.3, -0.25) is 0 Å². The molecule has 1 heterocycles. The van der Waals surface area contributed by atoms with E-state index in [1.165, 1.54) is 0 Å². The van der Waals surface area contributed by atoms with E-state index >= 15 is 0 Å². The Morgan fingerprint density at radius 2 is 1.82 bits per heavy atom. The first-order chi connectivity index (χ1) is 10.8. The Bertz CT molecular complexity index is 764. The van der Waals surface area contributed by atoms with Crippen LogP contribution in [0.3, 0.4) is 0 Å². The molecular formula is C18H19N3O. The molecule has 0 aliphatic carbocycles. The third-order valence-electron chi connectivity index (χ3n) is 3.72. The molecule has 2 aromatic carbocycles. The number of hydrogen-bond acceptors (Lipinski definition) is 1. The molecule has 0 bridgehead atoms. The molecule has 3 rings (SSSR count). The number of carbonyl (C=O) groups excluding carboxylic acids is 1. The van der Waals surface area contributed by atoms with Gasteiger partial charge in [0.05, 0.1) is 5.69 Å². The molecule has 4 nitrogen and oxygen atoms in total. The van der Waals surface area contributed by atoms with Crippen LogP contribution in [0.25, 0.3) is 10.9 Å². The number of nitrogens with zero attached hydrogens (tertiary/aromatic N) is 1. The van der Waals surface area contributed by atoms with Gasteiger partial charge < -0.3 is 15.2 Å². The van der Waals surface area contributed by atoms with E-state index in [0.29, 0.717) is 13.1 Å². The van der Waals surface area contributed by atoms with E-state index < -0.39 is 0 Å². The lowest BCUT2D eigenvalue weighted by molar-refractivity contribution is 0.212. The molecule has 0 saturated heterocycles. The molecule has 0 aliphatic heterocycles. The van der Waals surface area contributed by atoms with Gasteiger partial charge in [-0.1, -0.05) is 48.5 Å². The number of hydrogen-bond donors (Lipinski definition) is 2. The average molecular weight is 293 g/mol. The Labute approximate surface area is 129 Å². The summed E-state index contributed by atoms with van der Waals surface area (Å²) in [5.41, 5.74) is 2.95. The quantitative estimate of drug-likeness (QED) is 0.743. The fourth-order valence-corrected chi connectivity index (χ4v) is 2.50. The third-order valence-corrected chi connectivity index (χ3v) is 3.72. The lowest BCUT2D eigenvalue weighted by atomic mass is 10.2. The number of rotatable bonds is 4. The van der Waals surface area contributed by atoms with Crippen molar-refractivity contribution in [1.29, 1.82) is 0 Å². The molecule has 0 radical (unpaired) electrons. The van der Waals surface area contributed by atoms with Gasteiger partial charge in [-0.15, -0.1) is 0 Å². The van der Waals surface area contributed by atoms with E-state index in [-0.39, 0.29) is 6.03 Å². The first-order valence-corrected chi connectivity index (χ1v) is 7.44. The molecule has 3 aromatic rings. The number of nitrogens with one attached hydrogen (secondary N) is 2. The van der Waals surface area contributed by atoms with E-state index in [4.69, 9.17) is 0 Å². The molecular weight excluding hydrogens is 274 g/mol. The Kier molecular flexibility index (Phi) is 4.10. The van der Waals surface area contributed by atoms with Gasteiger partial charge in [0, 0.05) is 30.2 Å². The van der Waals surface area contributed by atoms with Crippen molar-refractivity contribution in [2.75, 3.05) is 11.9 Å². The van der Waals surface area contributed by atoms with E-state index in [9.17, 15) is 4.79 Å². The van der Waals surface area contributed by atoms with Crippen LogP contribution in [0.2, 0.25) is 0 Å². The van der Waals surface area contributed by atoms with Crippen molar-refractivity contribution in [3.63, 3.8) is 0 Å². The van der Waals surface area contributed by atoms with Gasteiger partial charge in [-0.2, -0.15) is 0 Å². The van der Waals surface area contributed by atoms with E-state index in [1.807, 2.05) is 67.7 Å². The highest BCUT2D eigenvalue weighted by atomic mass is 16.2. The normalized spacial score (nSPS) is 10.6. The Morgan fingerprint density at radius 3 is 2.59 bits per heavy atom. The largest absolute Gasteiger partial charge is 0.359 e. The maximum absolute atomic E-state index is 12.5. The maximum atomic E-state index is 12.5. The predicted octanol–water partition coefficient (Wildman–Crippen LogP) is 4.22. The molecule has 112 valence electrons. The SMILES string of the molecule is CCN(Cc1ccccc1)C(=O)Nc1c[nH]c2ccccc12. The Hall–Kier alpha value is -2.75. The standard InChI is InChI=1S/C18H19N3O/c1-2-21(13-14-8-4-3-5-9-14)18(22)20-17-12-19-16-11-7-6-10-15(16)17/h3-12,19H,2,13H2,1H3,(H,20,22). The van der Waals surface area contributed by atoms with Crippen molar-refractivity contribution in [3.8, 4) is 0 Å². The molecule has 0 atom stereocenters. The number of benzene rings is 2. The number of urea groups is 1. The first-order valence-electron chi connectivity index (χ1n) is 7.44. The summed E-state index contributed by atoms with van der Waals surface area (Å²) in [4.78, 5) is 17.4. The highest BCUT2D eigenvalue weighted by molar-refractivity contribution is 6.00. The smallest absolute Gasteiger partial charge is 0.322 e. The zero-order chi connectivity index (χ0) is 15.4. The minimum atomic E-state index is -0.0869. The summed E-state index contributed by atoms with van der Waals surface area (Å²) in [6.07, 6.45) is 1.83. The van der Waals surface area contributed by atoms with Gasteiger partial charge in [-0.05, 0) is 18.6 Å². The fraction of sp³-hybridized carbons (Fsp3) is 0.167. The Balaban J connectivity index is 1.74. The summed E-state index contributed by atoms with van der Waals surface area (Å²) in [7, 11) is 0. The zero-order valence-electron chi connectivity index (χ0n) is 12.5. The lowest BCUT2D eigenvalue weighted by Gasteiger charge is -2.21. The number of para-hydroxylation sites is 1. The van der Waals surface area contributed by atoms with Crippen LogP contribution in [0.1, 0.15) is 12.5 Å². The second-order valence-corrected chi connectivity index (χ2v) is 5.18. The van der Waals surface area contributed by atoms with E-state index in [1.54, 1.807) is 4.90 Å². The van der Waals surface area contributed by atoms with Gasteiger partial charge in [0.1, 0.15) is 0 Å². The number of fused-ring (bicyclic) bond motifs is 1. The lowest BCUT2D eigenvalue weighted by Crippen LogP contribution is -2.34. The fourth-order valence-electron chi connectivity index (χ4n) is 2.50. The van der Waals surface area contributed by atoms with Crippen LogP contribution in [-0.4, -0.2) is 22.5 Å². The number of amides is 2. The van der Waals surface area contributed by atoms with Crippen LogP contribution >= 0.6 is 0 Å². The third kappa shape index (κ3) is 2.96. The Morgan fingerprint density at radius 1 is 1.09 bits per heavy atom. The number of anilines is 1. The molecule has 0 aliphatic rings. The summed E-state index contributed by atoms with van der Waals surface area (Å²) in [6, 6.07) is 17.8. The van der Waals surface area contributed by atoms with Crippen LogP contribution in [0.4, 0.5) is 10.5 Å². The van der Waals surface area contributed by atoms with Crippen molar-refractivity contribution >= 4 is 22.6 Å². The molecule has 22 heavy (non-hydrogen) atoms. The molecule has 0 saturated carbocycles. The summed E-state index contributed by atoms with van der Waals surface area (Å²) in [6.45, 7) is 3.24.